The number of carbonyl (C=O) groups excluding carboxylic acids is 1. The third-order valence-corrected chi connectivity index (χ3v) is 2.13. The molecule has 16 heavy (non-hydrogen) atoms. The maximum Gasteiger partial charge on any atom is 0.254 e. The van der Waals surface area contributed by atoms with Crippen LogP contribution in [0.2, 0.25) is 5.15 Å². The van der Waals surface area contributed by atoms with E-state index in [0.29, 0.717) is 19.4 Å². The molecule has 0 fully saturated rings. The number of amides is 1. The Labute approximate surface area is 98.0 Å². The molecule has 0 aliphatic rings. The van der Waals surface area contributed by atoms with E-state index >= 15 is 0 Å². The molecule has 0 aliphatic heterocycles. The summed E-state index contributed by atoms with van der Waals surface area (Å²) in [5, 5.41) is 2.56. The molecule has 1 rings (SSSR count). The average Bonchev–Trinajstić information content (AvgIpc) is 2.27. The number of terminal acetylenes is 1. The van der Waals surface area contributed by atoms with Gasteiger partial charge in [-0.05, 0) is 12.5 Å². The Morgan fingerprint density at radius 1 is 1.69 bits per heavy atom. The molecule has 3 nitrogen and oxygen atoms in total. The van der Waals surface area contributed by atoms with E-state index in [4.69, 9.17) is 18.0 Å². The fourth-order valence-electron chi connectivity index (χ4n) is 1.07. The maximum absolute atomic E-state index is 12.8. The van der Waals surface area contributed by atoms with Gasteiger partial charge in [-0.15, -0.1) is 12.3 Å². The molecule has 0 radical (unpaired) electrons. The molecular formula is C11H10ClFN2O. The number of carbonyl (C=O) groups is 1. The Morgan fingerprint density at radius 3 is 3.12 bits per heavy atom. The SMILES string of the molecule is C#CCCCNC(=O)c1cc(F)cnc1Cl. The van der Waals surface area contributed by atoms with E-state index in [9.17, 15) is 9.18 Å². The smallest absolute Gasteiger partial charge is 0.254 e. The number of halogens is 2. The number of aromatic nitrogens is 1. The van der Waals surface area contributed by atoms with Gasteiger partial charge in [-0.3, -0.25) is 4.79 Å². The third-order valence-electron chi connectivity index (χ3n) is 1.83. The van der Waals surface area contributed by atoms with Crippen molar-refractivity contribution in [3.8, 4) is 12.3 Å². The van der Waals surface area contributed by atoms with Gasteiger partial charge in [0.25, 0.3) is 5.91 Å². The van der Waals surface area contributed by atoms with Crippen molar-refractivity contribution in [3.05, 3.63) is 28.8 Å². The molecule has 0 saturated carbocycles. The first-order chi connectivity index (χ1) is 7.65. The van der Waals surface area contributed by atoms with Crippen molar-refractivity contribution in [3.63, 3.8) is 0 Å². The highest BCUT2D eigenvalue weighted by atomic mass is 35.5. The lowest BCUT2D eigenvalue weighted by atomic mass is 10.2. The number of unbranched alkanes of at least 4 members (excludes halogenated alkanes) is 1. The van der Waals surface area contributed by atoms with Gasteiger partial charge in [-0.25, -0.2) is 9.37 Å². The summed E-state index contributed by atoms with van der Waals surface area (Å²) in [5.41, 5.74) is 0.0300. The van der Waals surface area contributed by atoms with Gasteiger partial charge in [-0.1, -0.05) is 11.6 Å². The molecule has 0 spiro atoms. The fraction of sp³-hybridized carbons (Fsp3) is 0.273. The number of hydrogen-bond acceptors (Lipinski definition) is 2. The van der Waals surface area contributed by atoms with Crippen LogP contribution < -0.4 is 5.32 Å². The van der Waals surface area contributed by atoms with E-state index in [0.717, 1.165) is 12.3 Å². The molecule has 1 heterocycles. The lowest BCUT2D eigenvalue weighted by molar-refractivity contribution is 0.0952. The second kappa shape index (κ2) is 6.09. The zero-order chi connectivity index (χ0) is 12.0. The monoisotopic (exact) mass is 240 g/mol. The molecule has 0 saturated heterocycles. The van der Waals surface area contributed by atoms with Crippen LogP contribution in [-0.4, -0.2) is 17.4 Å². The Bertz CT molecular complexity index is 428. The molecule has 1 amide bonds. The van der Waals surface area contributed by atoms with Gasteiger partial charge in [0, 0.05) is 13.0 Å². The molecule has 0 aromatic carbocycles. The van der Waals surface area contributed by atoms with Crippen LogP contribution in [0.1, 0.15) is 23.2 Å². The lowest BCUT2D eigenvalue weighted by Crippen LogP contribution is -2.25. The van der Waals surface area contributed by atoms with Gasteiger partial charge in [0.1, 0.15) is 11.0 Å². The van der Waals surface area contributed by atoms with Crippen molar-refractivity contribution in [2.24, 2.45) is 0 Å². The summed E-state index contributed by atoms with van der Waals surface area (Å²) in [5.74, 6) is 1.40. The molecule has 5 heteroatoms. The highest BCUT2D eigenvalue weighted by Gasteiger charge is 2.11. The second-order valence-corrected chi connectivity index (χ2v) is 3.41. The van der Waals surface area contributed by atoms with Crippen molar-refractivity contribution >= 4 is 17.5 Å². The summed E-state index contributed by atoms with van der Waals surface area (Å²) in [6, 6.07) is 1.05. The fourth-order valence-corrected chi connectivity index (χ4v) is 1.26. The van der Waals surface area contributed by atoms with Crippen molar-refractivity contribution in [2.45, 2.75) is 12.8 Å². The Kier molecular flexibility index (Phi) is 4.74. The average molecular weight is 241 g/mol. The van der Waals surface area contributed by atoms with Gasteiger partial charge < -0.3 is 5.32 Å². The van der Waals surface area contributed by atoms with Crippen LogP contribution >= 0.6 is 11.6 Å². The van der Waals surface area contributed by atoms with Crippen LogP contribution in [0.4, 0.5) is 4.39 Å². The molecule has 1 aromatic heterocycles. The van der Waals surface area contributed by atoms with Crippen LogP contribution in [-0.2, 0) is 0 Å². The lowest BCUT2D eigenvalue weighted by Gasteiger charge is -2.05. The van der Waals surface area contributed by atoms with Gasteiger partial charge in [0.2, 0.25) is 0 Å². The van der Waals surface area contributed by atoms with E-state index in [-0.39, 0.29) is 10.7 Å². The summed E-state index contributed by atoms with van der Waals surface area (Å²) in [4.78, 5) is 15.1. The molecule has 1 aromatic rings. The number of rotatable bonds is 4. The van der Waals surface area contributed by atoms with Crippen LogP contribution in [0.3, 0.4) is 0 Å². The first kappa shape index (κ1) is 12.5. The summed E-state index contributed by atoms with van der Waals surface area (Å²) in [6.45, 7) is 0.426. The molecular weight excluding hydrogens is 231 g/mol. The zero-order valence-electron chi connectivity index (χ0n) is 8.46. The number of nitrogens with zero attached hydrogens (tertiary/aromatic N) is 1. The van der Waals surface area contributed by atoms with Crippen LogP contribution in [0.25, 0.3) is 0 Å². The van der Waals surface area contributed by atoms with E-state index in [2.05, 4.69) is 16.2 Å². The quantitative estimate of drug-likeness (QED) is 0.497. The van der Waals surface area contributed by atoms with Gasteiger partial charge in [0.05, 0.1) is 11.8 Å². The largest absolute Gasteiger partial charge is 0.352 e. The summed E-state index contributed by atoms with van der Waals surface area (Å²) < 4.78 is 12.8. The minimum atomic E-state index is -0.599. The topological polar surface area (TPSA) is 42.0 Å². The minimum Gasteiger partial charge on any atom is -0.352 e. The second-order valence-electron chi connectivity index (χ2n) is 3.06. The van der Waals surface area contributed by atoms with E-state index in [1.54, 1.807) is 0 Å². The van der Waals surface area contributed by atoms with Crippen LogP contribution in [0.15, 0.2) is 12.3 Å². The molecule has 1 N–H and O–H groups in total. The highest BCUT2D eigenvalue weighted by molar-refractivity contribution is 6.32. The zero-order valence-corrected chi connectivity index (χ0v) is 9.22. The number of hydrogen-bond donors (Lipinski definition) is 1. The first-order valence-electron chi connectivity index (χ1n) is 4.68. The van der Waals surface area contributed by atoms with Crippen molar-refractivity contribution in [2.75, 3.05) is 6.54 Å². The van der Waals surface area contributed by atoms with Crippen LogP contribution in [0.5, 0.6) is 0 Å². The van der Waals surface area contributed by atoms with Gasteiger partial charge in [-0.2, -0.15) is 0 Å². The van der Waals surface area contributed by atoms with Crippen LogP contribution in [0, 0.1) is 18.2 Å². The molecule has 0 bridgehead atoms. The van der Waals surface area contributed by atoms with Crippen molar-refractivity contribution < 1.29 is 9.18 Å². The Balaban J connectivity index is 2.59. The number of pyridine rings is 1. The van der Waals surface area contributed by atoms with Gasteiger partial charge >= 0.3 is 0 Å². The highest BCUT2D eigenvalue weighted by Crippen LogP contribution is 2.13. The van der Waals surface area contributed by atoms with Gasteiger partial charge in [0.15, 0.2) is 0 Å². The Hall–Kier alpha value is -1.60. The predicted octanol–water partition coefficient (Wildman–Crippen LogP) is 2.02. The Morgan fingerprint density at radius 2 is 2.44 bits per heavy atom. The summed E-state index contributed by atoms with van der Waals surface area (Å²) in [7, 11) is 0. The molecule has 0 atom stereocenters. The third kappa shape index (κ3) is 3.52. The minimum absolute atomic E-state index is 0.0177. The van der Waals surface area contributed by atoms with E-state index in [1.165, 1.54) is 0 Å². The predicted molar refractivity (Wildman–Crippen MR) is 59.6 cm³/mol. The van der Waals surface area contributed by atoms with Crippen molar-refractivity contribution in [1.29, 1.82) is 0 Å². The maximum atomic E-state index is 12.8. The standard InChI is InChI=1S/C11H10ClFN2O/c1-2-3-4-5-14-11(16)9-6-8(13)7-15-10(9)12/h1,6-7H,3-5H2,(H,14,16). The van der Waals surface area contributed by atoms with E-state index in [1.807, 2.05) is 0 Å². The molecule has 0 aliphatic carbocycles. The summed E-state index contributed by atoms with van der Waals surface area (Å²) >= 11 is 5.66. The normalized spacial score (nSPS) is 9.56. The number of nitrogens with one attached hydrogen (secondary N) is 1. The molecule has 0 unspecified atom stereocenters. The van der Waals surface area contributed by atoms with E-state index < -0.39 is 11.7 Å². The molecule has 84 valence electrons. The summed E-state index contributed by atoms with van der Waals surface area (Å²) in [6.07, 6.45) is 7.26. The van der Waals surface area contributed by atoms with Crippen molar-refractivity contribution in [1.82, 2.24) is 10.3 Å². The first-order valence-corrected chi connectivity index (χ1v) is 5.05.